The Hall–Kier alpha value is -1.66. The Bertz CT molecular complexity index is 641. The van der Waals surface area contributed by atoms with Gasteiger partial charge in [-0.1, -0.05) is 6.07 Å². The second-order valence-corrected chi connectivity index (χ2v) is 5.12. The maximum absolute atomic E-state index is 13.8. The van der Waals surface area contributed by atoms with Gasteiger partial charge in [-0.3, -0.25) is 0 Å². The van der Waals surface area contributed by atoms with Gasteiger partial charge in [0.25, 0.3) is 0 Å². The summed E-state index contributed by atoms with van der Waals surface area (Å²) in [6, 6.07) is 6.45. The third-order valence-electron chi connectivity index (χ3n) is 3.07. The van der Waals surface area contributed by atoms with E-state index in [2.05, 4.69) is 15.9 Å². The number of aliphatic hydroxyl groups excluding tert-OH is 1. The zero-order valence-electron chi connectivity index (χ0n) is 11.4. The van der Waals surface area contributed by atoms with Crippen LogP contribution < -0.4 is 9.47 Å². The minimum atomic E-state index is -1.51. The lowest BCUT2D eigenvalue weighted by Gasteiger charge is -2.18. The highest BCUT2D eigenvalue weighted by Crippen LogP contribution is 2.39. The predicted molar refractivity (Wildman–Crippen MR) is 77.7 cm³/mol. The molecule has 2 rings (SSSR count). The lowest BCUT2D eigenvalue weighted by Crippen LogP contribution is -2.08. The minimum Gasteiger partial charge on any atom is -0.496 e. The number of ether oxygens (including phenoxy) is 2. The zero-order chi connectivity index (χ0) is 15.6. The van der Waals surface area contributed by atoms with E-state index in [1.54, 1.807) is 6.07 Å². The summed E-state index contributed by atoms with van der Waals surface area (Å²) in [4.78, 5) is 0. The molecule has 6 heteroatoms. The number of methoxy groups -OCH3 is 2. The standard InChI is InChI=1S/C15H13BrF2O3/c1-20-12-7-9(16)13(21-2)6-8(12)15(19)14-10(17)4-3-5-11(14)18/h3-7,15,19H,1-2H3. The van der Waals surface area contributed by atoms with Crippen LogP contribution in [0.4, 0.5) is 8.78 Å². The zero-order valence-corrected chi connectivity index (χ0v) is 12.9. The first-order chi connectivity index (χ1) is 9.99. The first-order valence-electron chi connectivity index (χ1n) is 6.03. The molecule has 2 aromatic carbocycles. The number of rotatable bonds is 4. The average molecular weight is 359 g/mol. The monoisotopic (exact) mass is 358 g/mol. The molecule has 0 saturated heterocycles. The van der Waals surface area contributed by atoms with Gasteiger partial charge in [-0.25, -0.2) is 8.78 Å². The van der Waals surface area contributed by atoms with Gasteiger partial charge in [-0.05, 0) is 40.2 Å². The third kappa shape index (κ3) is 3.01. The summed E-state index contributed by atoms with van der Waals surface area (Å²) in [6.07, 6.45) is -1.51. The Kier molecular flexibility index (Phi) is 4.80. The Labute approximate surface area is 129 Å². The van der Waals surface area contributed by atoms with Crippen LogP contribution >= 0.6 is 15.9 Å². The van der Waals surface area contributed by atoms with Gasteiger partial charge in [0, 0.05) is 5.56 Å². The fraction of sp³-hybridized carbons (Fsp3) is 0.200. The normalized spacial score (nSPS) is 12.1. The van der Waals surface area contributed by atoms with Gasteiger partial charge in [-0.2, -0.15) is 0 Å². The first kappa shape index (κ1) is 15.7. The lowest BCUT2D eigenvalue weighted by atomic mass is 9.99. The quantitative estimate of drug-likeness (QED) is 0.902. The van der Waals surface area contributed by atoms with Gasteiger partial charge >= 0.3 is 0 Å². The highest BCUT2D eigenvalue weighted by atomic mass is 79.9. The fourth-order valence-corrected chi connectivity index (χ4v) is 2.51. The van der Waals surface area contributed by atoms with Crippen LogP contribution in [0, 0.1) is 11.6 Å². The van der Waals surface area contributed by atoms with Gasteiger partial charge < -0.3 is 14.6 Å². The number of hydrogen-bond donors (Lipinski definition) is 1. The second kappa shape index (κ2) is 6.41. The van der Waals surface area contributed by atoms with Crippen LogP contribution in [0.5, 0.6) is 11.5 Å². The number of aliphatic hydroxyl groups is 1. The van der Waals surface area contributed by atoms with Crippen molar-refractivity contribution in [3.8, 4) is 11.5 Å². The largest absolute Gasteiger partial charge is 0.496 e. The summed E-state index contributed by atoms with van der Waals surface area (Å²) < 4.78 is 38.5. The van der Waals surface area contributed by atoms with Gasteiger partial charge in [0.15, 0.2) is 0 Å². The molecule has 0 aliphatic heterocycles. The molecule has 0 amide bonds. The molecule has 1 unspecified atom stereocenters. The smallest absolute Gasteiger partial charge is 0.133 e. The van der Waals surface area contributed by atoms with Gasteiger partial charge in [0.05, 0.1) is 24.3 Å². The van der Waals surface area contributed by atoms with Gasteiger partial charge in [0.2, 0.25) is 0 Å². The second-order valence-electron chi connectivity index (χ2n) is 4.27. The molecule has 0 heterocycles. The van der Waals surface area contributed by atoms with Crippen molar-refractivity contribution in [2.75, 3.05) is 14.2 Å². The van der Waals surface area contributed by atoms with Crippen LogP contribution in [0.3, 0.4) is 0 Å². The summed E-state index contributed by atoms with van der Waals surface area (Å²) in [5.41, 5.74) is -0.221. The molecule has 1 N–H and O–H groups in total. The summed E-state index contributed by atoms with van der Waals surface area (Å²) >= 11 is 3.28. The number of benzene rings is 2. The van der Waals surface area contributed by atoms with Crippen molar-refractivity contribution >= 4 is 15.9 Å². The number of hydrogen-bond acceptors (Lipinski definition) is 3. The molecule has 0 aromatic heterocycles. The summed E-state index contributed by atoms with van der Waals surface area (Å²) in [5, 5.41) is 10.3. The van der Waals surface area contributed by atoms with E-state index in [9.17, 15) is 13.9 Å². The highest BCUT2D eigenvalue weighted by Gasteiger charge is 2.24. The van der Waals surface area contributed by atoms with E-state index in [-0.39, 0.29) is 11.3 Å². The molecular formula is C15H13BrF2O3. The maximum Gasteiger partial charge on any atom is 0.133 e. The highest BCUT2D eigenvalue weighted by molar-refractivity contribution is 9.10. The molecular weight excluding hydrogens is 346 g/mol. The molecule has 0 aliphatic carbocycles. The van der Waals surface area contributed by atoms with E-state index in [0.29, 0.717) is 10.2 Å². The Morgan fingerprint density at radius 2 is 1.62 bits per heavy atom. The molecule has 0 spiro atoms. The van der Waals surface area contributed by atoms with Gasteiger partial charge in [0.1, 0.15) is 29.2 Å². The Morgan fingerprint density at radius 3 is 2.14 bits per heavy atom. The molecule has 0 radical (unpaired) electrons. The van der Waals surface area contributed by atoms with E-state index in [0.717, 1.165) is 12.1 Å². The average Bonchev–Trinajstić information content (AvgIpc) is 2.46. The van der Waals surface area contributed by atoms with E-state index in [1.165, 1.54) is 26.4 Å². The molecule has 1 atom stereocenters. The summed E-state index contributed by atoms with van der Waals surface area (Å²) in [5.74, 6) is -0.947. The van der Waals surface area contributed by atoms with Crippen LogP contribution in [-0.4, -0.2) is 19.3 Å². The van der Waals surface area contributed by atoms with Crippen LogP contribution in [-0.2, 0) is 0 Å². The van der Waals surface area contributed by atoms with Crippen molar-refractivity contribution in [1.82, 2.24) is 0 Å². The number of halogens is 3. The van der Waals surface area contributed by atoms with Crippen molar-refractivity contribution in [2.24, 2.45) is 0 Å². The molecule has 21 heavy (non-hydrogen) atoms. The van der Waals surface area contributed by atoms with E-state index < -0.39 is 23.3 Å². The van der Waals surface area contributed by atoms with Crippen molar-refractivity contribution in [2.45, 2.75) is 6.10 Å². The van der Waals surface area contributed by atoms with E-state index >= 15 is 0 Å². The molecule has 112 valence electrons. The molecule has 2 aromatic rings. The topological polar surface area (TPSA) is 38.7 Å². The van der Waals surface area contributed by atoms with Crippen LogP contribution in [0.2, 0.25) is 0 Å². The first-order valence-corrected chi connectivity index (χ1v) is 6.82. The SMILES string of the molecule is COc1cc(C(O)c2c(F)cccc2F)c(OC)cc1Br. The fourth-order valence-electron chi connectivity index (χ4n) is 2.03. The van der Waals surface area contributed by atoms with Crippen molar-refractivity contribution in [3.05, 3.63) is 57.6 Å². The molecule has 0 aliphatic rings. The Morgan fingerprint density at radius 1 is 1.05 bits per heavy atom. The van der Waals surface area contributed by atoms with E-state index in [1.807, 2.05) is 0 Å². The minimum absolute atomic E-state index is 0.210. The maximum atomic E-state index is 13.8. The van der Waals surface area contributed by atoms with Crippen LogP contribution in [0.25, 0.3) is 0 Å². The molecule has 0 bridgehead atoms. The van der Waals surface area contributed by atoms with Gasteiger partial charge in [-0.15, -0.1) is 0 Å². The van der Waals surface area contributed by atoms with Crippen LogP contribution in [0.15, 0.2) is 34.8 Å². The van der Waals surface area contributed by atoms with Crippen LogP contribution in [0.1, 0.15) is 17.2 Å². The molecule has 0 saturated carbocycles. The lowest BCUT2D eigenvalue weighted by molar-refractivity contribution is 0.203. The summed E-state index contributed by atoms with van der Waals surface area (Å²) in [7, 11) is 2.86. The van der Waals surface area contributed by atoms with E-state index in [4.69, 9.17) is 9.47 Å². The summed E-state index contributed by atoms with van der Waals surface area (Å²) in [6.45, 7) is 0. The van der Waals surface area contributed by atoms with Crippen molar-refractivity contribution in [1.29, 1.82) is 0 Å². The molecule has 0 fully saturated rings. The van der Waals surface area contributed by atoms with Crippen molar-refractivity contribution in [3.63, 3.8) is 0 Å². The Balaban J connectivity index is 2.59. The predicted octanol–water partition coefficient (Wildman–Crippen LogP) is 3.83. The molecule has 3 nitrogen and oxygen atoms in total. The van der Waals surface area contributed by atoms with Crippen molar-refractivity contribution < 1.29 is 23.4 Å². The third-order valence-corrected chi connectivity index (χ3v) is 3.69.